The fourth-order valence-electron chi connectivity index (χ4n) is 2.28. The standard InChI is InChI=1S/C15H22N4O/c1-4-8-19-11-13(6-7-15(19)20)16-9-12-10-18(3)17-14(12)5-2/h6-7,10-11,16H,4-5,8-9H2,1-3H3. The number of anilines is 1. The van der Waals surface area contributed by atoms with Gasteiger partial charge in [-0.3, -0.25) is 9.48 Å². The largest absolute Gasteiger partial charge is 0.380 e. The molecule has 0 aliphatic heterocycles. The predicted octanol–water partition coefficient (Wildman–Crippen LogP) is 2.17. The highest BCUT2D eigenvalue weighted by atomic mass is 16.1. The number of nitrogens with one attached hydrogen (secondary N) is 1. The summed E-state index contributed by atoms with van der Waals surface area (Å²) in [5.41, 5.74) is 3.32. The van der Waals surface area contributed by atoms with E-state index in [9.17, 15) is 4.79 Å². The van der Waals surface area contributed by atoms with Gasteiger partial charge in [0.15, 0.2) is 0 Å². The second kappa shape index (κ2) is 6.41. The fourth-order valence-corrected chi connectivity index (χ4v) is 2.28. The first-order valence-corrected chi connectivity index (χ1v) is 7.09. The van der Waals surface area contributed by atoms with E-state index in [1.165, 1.54) is 5.56 Å². The van der Waals surface area contributed by atoms with Gasteiger partial charge in [0.1, 0.15) is 0 Å². The lowest BCUT2D eigenvalue weighted by Crippen LogP contribution is -2.18. The Balaban J connectivity index is 2.10. The Hall–Kier alpha value is -2.04. The number of aromatic nitrogens is 3. The summed E-state index contributed by atoms with van der Waals surface area (Å²) in [7, 11) is 1.93. The minimum Gasteiger partial charge on any atom is -0.380 e. The van der Waals surface area contributed by atoms with Gasteiger partial charge in [0.05, 0.1) is 11.4 Å². The monoisotopic (exact) mass is 274 g/mol. The Bertz CT molecular complexity index is 627. The molecule has 0 fully saturated rings. The number of rotatable bonds is 6. The summed E-state index contributed by atoms with van der Waals surface area (Å²) in [6.07, 6.45) is 5.79. The normalized spacial score (nSPS) is 10.8. The van der Waals surface area contributed by atoms with E-state index < -0.39 is 0 Å². The molecule has 0 radical (unpaired) electrons. The molecule has 0 spiro atoms. The average Bonchev–Trinajstić information content (AvgIpc) is 2.80. The minimum atomic E-state index is 0.0491. The van der Waals surface area contributed by atoms with Gasteiger partial charge in [-0.2, -0.15) is 5.10 Å². The molecule has 1 N–H and O–H groups in total. The summed E-state index contributed by atoms with van der Waals surface area (Å²) in [6, 6.07) is 3.44. The van der Waals surface area contributed by atoms with Crippen LogP contribution in [0.4, 0.5) is 5.69 Å². The average molecular weight is 274 g/mol. The molecule has 2 aromatic rings. The van der Waals surface area contributed by atoms with E-state index in [-0.39, 0.29) is 5.56 Å². The van der Waals surface area contributed by atoms with Crippen LogP contribution in [0.2, 0.25) is 0 Å². The Labute approximate surface area is 119 Å². The Kier molecular flexibility index (Phi) is 4.61. The second-order valence-electron chi connectivity index (χ2n) is 4.93. The molecule has 0 bridgehead atoms. The summed E-state index contributed by atoms with van der Waals surface area (Å²) in [5, 5.41) is 7.79. The van der Waals surface area contributed by atoms with Gasteiger partial charge in [-0.05, 0) is 18.9 Å². The van der Waals surface area contributed by atoms with Crippen LogP contribution in [0, 0.1) is 0 Å². The summed E-state index contributed by atoms with van der Waals surface area (Å²) in [5.74, 6) is 0. The van der Waals surface area contributed by atoms with Crippen LogP contribution < -0.4 is 10.9 Å². The lowest BCUT2D eigenvalue weighted by molar-refractivity contribution is 0.655. The van der Waals surface area contributed by atoms with E-state index in [1.54, 1.807) is 10.6 Å². The third kappa shape index (κ3) is 3.29. The molecule has 5 nitrogen and oxygen atoms in total. The van der Waals surface area contributed by atoms with Crippen LogP contribution in [0.5, 0.6) is 0 Å². The van der Waals surface area contributed by atoms with Crippen molar-refractivity contribution in [3.63, 3.8) is 0 Å². The van der Waals surface area contributed by atoms with Crippen molar-refractivity contribution in [3.05, 3.63) is 46.1 Å². The molecule has 0 unspecified atom stereocenters. The number of pyridine rings is 1. The zero-order valence-corrected chi connectivity index (χ0v) is 12.4. The molecule has 0 atom stereocenters. The maximum atomic E-state index is 11.7. The highest BCUT2D eigenvalue weighted by molar-refractivity contribution is 5.41. The molecule has 0 aliphatic carbocycles. The van der Waals surface area contributed by atoms with E-state index in [0.717, 1.165) is 37.3 Å². The van der Waals surface area contributed by atoms with Crippen LogP contribution in [0.1, 0.15) is 31.5 Å². The van der Waals surface area contributed by atoms with Crippen LogP contribution >= 0.6 is 0 Å². The van der Waals surface area contributed by atoms with E-state index in [1.807, 2.05) is 30.2 Å². The lowest BCUT2D eigenvalue weighted by Gasteiger charge is -2.09. The number of hydrogen-bond donors (Lipinski definition) is 1. The molecular formula is C15H22N4O. The van der Waals surface area contributed by atoms with Crippen LogP contribution in [-0.4, -0.2) is 14.3 Å². The maximum absolute atomic E-state index is 11.7. The number of aryl methyl sites for hydroxylation is 3. The minimum absolute atomic E-state index is 0.0491. The molecule has 0 aliphatic rings. The SMILES string of the molecule is CCCn1cc(NCc2cn(C)nc2CC)ccc1=O. The first-order chi connectivity index (χ1) is 9.63. The Morgan fingerprint density at radius 1 is 1.25 bits per heavy atom. The van der Waals surface area contributed by atoms with Gasteiger partial charge in [-0.1, -0.05) is 13.8 Å². The van der Waals surface area contributed by atoms with Crippen LogP contribution in [-0.2, 0) is 26.6 Å². The Morgan fingerprint density at radius 2 is 2.05 bits per heavy atom. The smallest absolute Gasteiger partial charge is 0.250 e. The van der Waals surface area contributed by atoms with Crippen molar-refractivity contribution in [1.82, 2.24) is 14.3 Å². The summed E-state index contributed by atoms with van der Waals surface area (Å²) in [6.45, 7) is 5.64. The highest BCUT2D eigenvalue weighted by Crippen LogP contribution is 2.11. The van der Waals surface area contributed by atoms with Crippen molar-refractivity contribution in [2.75, 3.05) is 5.32 Å². The van der Waals surface area contributed by atoms with E-state index >= 15 is 0 Å². The van der Waals surface area contributed by atoms with Crippen LogP contribution in [0.15, 0.2) is 29.3 Å². The van der Waals surface area contributed by atoms with E-state index in [2.05, 4.69) is 24.3 Å². The third-order valence-electron chi connectivity index (χ3n) is 3.26. The van der Waals surface area contributed by atoms with Crippen molar-refractivity contribution >= 4 is 5.69 Å². The van der Waals surface area contributed by atoms with Crippen molar-refractivity contribution in [2.24, 2.45) is 7.05 Å². The molecule has 2 aromatic heterocycles. The molecule has 0 aromatic carbocycles. The highest BCUT2D eigenvalue weighted by Gasteiger charge is 2.05. The molecular weight excluding hydrogens is 252 g/mol. The van der Waals surface area contributed by atoms with Crippen LogP contribution in [0.25, 0.3) is 0 Å². The fraction of sp³-hybridized carbons (Fsp3) is 0.467. The van der Waals surface area contributed by atoms with Crippen molar-refractivity contribution in [1.29, 1.82) is 0 Å². The number of hydrogen-bond acceptors (Lipinski definition) is 3. The van der Waals surface area contributed by atoms with Crippen molar-refractivity contribution in [3.8, 4) is 0 Å². The van der Waals surface area contributed by atoms with E-state index in [0.29, 0.717) is 0 Å². The second-order valence-corrected chi connectivity index (χ2v) is 4.93. The zero-order chi connectivity index (χ0) is 14.5. The maximum Gasteiger partial charge on any atom is 0.250 e. The molecule has 0 amide bonds. The van der Waals surface area contributed by atoms with Gasteiger partial charge < -0.3 is 9.88 Å². The first kappa shape index (κ1) is 14.4. The Morgan fingerprint density at radius 3 is 2.75 bits per heavy atom. The van der Waals surface area contributed by atoms with Gasteiger partial charge >= 0.3 is 0 Å². The number of nitrogens with zero attached hydrogens (tertiary/aromatic N) is 3. The van der Waals surface area contributed by atoms with Crippen molar-refractivity contribution in [2.45, 2.75) is 39.8 Å². The quantitative estimate of drug-likeness (QED) is 0.878. The van der Waals surface area contributed by atoms with Gasteiger partial charge in [-0.15, -0.1) is 0 Å². The van der Waals surface area contributed by atoms with Gasteiger partial charge in [-0.25, -0.2) is 0 Å². The molecule has 0 saturated heterocycles. The molecule has 5 heteroatoms. The lowest BCUT2D eigenvalue weighted by atomic mass is 10.2. The van der Waals surface area contributed by atoms with Gasteiger partial charge in [0.25, 0.3) is 5.56 Å². The molecule has 20 heavy (non-hydrogen) atoms. The first-order valence-electron chi connectivity index (χ1n) is 7.09. The predicted molar refractivity (Wildman–Crippen MR) is 80.9 cm³/mol. The molecule has 108 valence electrons. The third-order valence-corrected chi connectivity index (χ3v) is 3.26. The molecule has 2 rings (SSSR count). The van der Waals surface area contributed by atoms with Crippen LogP contribution in [0.3, 0.4) is 0 Å². The van der Waals surface area contributed by atoms with Gasteiger partial charge in [0.2, 0.25) is 0 Å². The van der Waals surface area contributed by atoms with Gasteiger partial charge in [0, 0.05) is 44.2 Å². The van der Waals surface area contributed by atoms with E-state index in [4.69, 9.17) is 0 Å². The summed E-state index contributed by atoms with van der Waals surface area (Å²) >= 11 is 0. The zero-order valence-electron chi connectivity index (χ0n) is 12.4. The van der Waals surface area contributed by atoms with Crippen molar-refractivity contribution < 1.29 is 0 Å². The topological polar surface area (TPSA) is 51.9 Å². The summed E-state index contributed by atoms with van der Waals surface area (Å²) < 4.78 is 3.58. The summed E-state index contributed by atoms with van der Waals surface area (Å²) in [4.78, 5) is 11.7. The molecule has 2 heterocycles. The molecule has 0 saturated carbocycles.